The summed E-state index contributed by atoms with van der Waals surface area (Å²) in [6, 6.07) is 7.44. The zero-order valence-corrected chi connectivity index (χ0v) is 34.2. The number of rotatable bonds is 7. The SMILES string of the molecule is CCCC1C23C=C4CCC2(C(=CCC(CC2CCCCC2)N2CC5CC(C2)C2CCC6=C(C4CC(C)C6)N2C5)OC3=O)C12OC(=O)c1c(CCCN)cccc12. The van der Waals surface area contributed by atoms with Crippen molar-refractivity contribution in [3.8, 4) is 0 Å². The molecule has 2 spiro atoms. The lowest BCUT2D eigenvalue weighted by Gasteiger charge is -2.69. The Hall–Kier alpha value is -2.90. The van der Waals surface area contributed by atoms with E-state index < -0.39 is 16.4 Å². The zero-order chi connectivity index (χ0) is 38.0. The molecule has 11 atom stereocenters. The van der Waals surface area contributed by atoms with Crippen LogP contribution in [0.1, 0.15) is 144 Å². The maximum Gasteiger partial charge on any atom is 0.339 e. The third kappa shape index (κ3) is 4.76. The highest BCUT2D eigenvalue weighted by Gasteiger charge is 2.91. The fourth-order valence-electron chi connectivity index (χ4n) is 15.7. The van der Waals surface area contributed by atoms with Gasteiger partial charge in [-0.2, -0.15) is 0 Å². The van der Waals surface area contributed by atoms with Gasteiger partial charge in [-0.3, -0.25) is 9.69 Å². The maximum absolute atomic E-state index is 15.2. The number of fused-ring (bicyclic) bond motifs is 2. The monoisotopic (exact) mass is 759 g/mol. The van der Waals surface area contributed by atoms with Gasteiger partial charge in [0.1, 0.15) is 11.2 Å². The topological polar surface area (TPSA) is 85.1 Å². The van der Waals surface area contributed by atoms with Crippen LogP contribution >= 0.6 is 0 Å². The molecule has 0 aromatic heterocycles. The van der Waals surface area contributed by atoms with Crippen LogP contribution in [0.2, 0.25) is 0 Å². The van der Waals surface area contributed by atoms with Crippen molar-refractivity contribution in [3.63, 3.8) is 0 Å². The Balaban J connectivity index is 1.12. The largest absolute Gasteiger partial charge is 0.449 e. The molecule has 3 saturated heterocycles. The van der Waals surface area contributed by atoms with Crippen LogP contribution in [-0.4, -0.2) is 60.0 Å². The second-order valence-corrected chi connectivity index (χ2v) is 20.4. The van der Waals surface area contributed by atoms with Crippen molar-refractivity contribution in [2.24, 2.45) is 52.1 Å². The average molecular weight is 760 g/mol. The van der Waals surface area contributed by atoms with Crippen LogP contribution in [0.5, 0.6) is 0 Å². The molecule has 300 valence electrons. The van der Waals surface area contributed by atoms with Crippen molar-refractivity contribution in [3.05, 3.63) is 69.6 Å². The van der Waals surface area contributed by atoms with Crippen molar-refractivity contribution in [2.75, 3.05) is 26.2 Å². The zero-order valence-electron chi connectivity index (χ0n) is 34.2. The first-order valence-corrected chi connectivity index (χ1v) is 23.3. The lowest BCUT2D eigenvalue weighted by molar-refractivity contribution is -0.271. The number of carbonyl (C=O) groups excluding carboxylic acids is 2. The normalized spacial score (nSPS) is 42.1. The fourth-order valence-corrected chi connectivity index (χ4v) is 15.7. The first kappa shape index (κ1) is 36.2. The molecule has 56 heavy (non-hydrogen) atoms. The van der Waals surface area contributed by atoms with Gasteiger partial charge in [-0.1, -0.05) is 87.8 Å². The highest BCUT2D eigenvalue weighted by atomic mass is 16.6. The second kappa shape index (κ2) is 13.3. The van der Waals surface area contributed by atoms with E-state index in [0.717, 1.165) is 85.7 Å². The predicted octanol–water partition coefficient (Wildman–Crippen LogP) is 8.97. The van der Waals surface area contributed by atoms with E-state index in [-0.39, 0.29) is 17.9 Å². The Morgan fingerprint density at radius 3 is 2.73 bits per heavy atom. The van der Waals surface area contributed by atoms with Crippen molar-refractivity contribution >= 4 is 11.9 Å². The van der Waals surface area contributed by atoms with E-state index in [1.807, 2.05) is 0 Å². The van der Waals surface area contributed by atoms with E-state index in [1.165, 1.54) is 89.4 Å². The van der Waals surface area contributed by atoms with E-state index in [1.54, 1.807) is 11.3 Å². The smallest absolute Gasteiger partial charge is 0.339 e. The number of hydrogen-bond donors (Lipinski definition) is 1. The lowest BCUT2D eigenvalue weighted by Crippen LogP contribution is -2.75. The van der Waals surface area contributed by atoms with Gasteiger partial charge >= 0.3 is 11.9 Å². The second-order valence-electron chi connectivity index (χ2n) is 20.4. The molecule has 11 unspecified atom stereocenters. The van der Waals surface area contributed by atoms with Crippen LogP contribution in [0.3, 0.4) is 0 Å². The summed E-state index contributed by atoms with van der Waals surface area (Å²) in [6.45, 7) is 8.84. The molecule has 9 heterocycles. The van der Waals surface area contributed by atoms with Crippen LogP contribution in [0.15, 0.2) is 53.0 Å². The summed E-state index contributed by atoms with van der Waals surface area (Å²) in [7, 11) is 0. The van der Waals surface area contributed by atoms with E-state index >= 15 is 4.79 Å². The summed E-state index contributed by atoms with van der Waals surface area (Å²) in [5.41, 5.74) is 11.1. The van der Waals surface area contributed by atoms with E-state index in [2.05, 4.69) is 54.0 Å². The molecule has 13 aliphatic rings. The van der Waals surface area contributed by atoms with Gasteiger partial charge in [0, 0.05) is 54.8 Å². The summed E-state index contributed by atoms with van der Waals surface area (Å²) < 4.78 is 13.9. The van der Waals surface area contributed by atoms with Gasteiger partial charge in [-0.15, -0.1) is 0 Å². The van der Waals surface area contributed by atoms with Crippen molar-refractivity contribution in [1.29, 1.82) is 0 Å². The quantitative estimate of drug-likeness (QED) is 0.220. The molecule has 0 amide bonds. The summed E-state index contributed by atoms with van der Waals surface area (Å²) in [5, 5.41) is 0. The minimum atomic E-state index is -0.928. The molecule has 7 heteroatoms. The third-order valence-corrected chi connectivity index (χ3v) is 17.6. The summed E-state index contributed by atoms with van der Waals surface area (Å²) in [6.07, 6.45) is 25.0. The predicted molar refractivity (Wildman–Crippen MR) is 217 cm³/mol. The van der Waals surface area contributed by atoms with Gasteiger partial charge in [0.05, 0.1) is 11.0 Å². The van der Waals surface area contributed by atoms with Crippen LogP contribution in [-0.2, 0) is 26.3 Å². The number of nitrogens with two attached hydrogens (primary N) is 1. The number of ether oxygens (including phenoxy) is 2. The highest BCUT2D eigenvalue weighted by Crippen LogP contribution is 2.84. The number of piperidine rings is 2. The molecule has 14 rings (SSSR count). The standard InChI is InChI=1S/C49H65N3O4/c1-3-9-41-47-26-35-19-20-48(47,49(41)39-14-7-12-33(13-8-21-50)43(39)45(53)56-49)42(55-46(47)54)18-16-37(25-31-10-5-4-6-11-31)51-27-32-24-36(29-51)40-17-15-34-22-30(2)23-38(35)44(34)52(40)28-32/h7,12,14,18,26,30-32,36-38,40-41H,3-6,8-11,13,15-17,19-25,27-29,50H2,1-2H3. The van der Waals surface area contributed by atoms with Crippen molar-refractivity contribution in [1.82, 2.24) is 9.80 Å². The molecule has 2 N–H and O–H groups in total. The number of carbonyl (C=O) groups is 2. The Kier molecular flexibility index (Phi) is 8.60. The third-order valence-electron chi connectivity index (χ3n) is 17.6. The van der Waals surface area contributed by atoms with Crippen molar-refractivity contribution < 1.29 is 19.1 Å². The van der Waals surface area contributed by atoms with Gasteiger partial charge in [0.25, 0.3) is 0 Å². The van der Waals surface area contributed by atoms with Crippen LogP contribution in [0.4, 0.5) is 0 Å². The molecule has 1 aromatic carbocycles. The van der Waals surface area contributed by atoms with Crippen molar-refractivity contribution in [2.45, 2.75) is 147 Å². The Labute approximate surface area is 334 Å². The van der Waals surface area contributed by atoms with Gasteiger partial charge in [0.2, 0.25) is 0 Å². The minimum absolute atomic E-state index is 0.0913. The minimum Gasteiger partial charge on any atom is -0.449 e. The molecule has 2 saturated carbocycles. The first-order valence-electron chi connectivity index (χ1n) is 23.3. The molecule has 4 aliphatic carbocycles. The number of allylic oxidation sites excluding steroid dienone is 2. The van der Waals surface area contributed by atoms with Crippen LogP contribution in [0, 0.1) is 46.3 Å². The molecular formula is C49H65N3O4. The Morgan fingerprint density at radius 2 is 1.89 bits per heavy atom. The van der Waals surface area contributed by atoms with Gasteiger partial charge in [-0.25, -0.2) is 4.79 Å². The summed E-state index contributed by atoms with van der Waals surface area (Å²) >= 11 is 0. The van der Waals surface area contributed by atoms with Gasteiger partial charge < -0.3 is 20.1 Å². The lowest BCUT2D eigenvalue weighted by atomic mass is 9.31. The van der Waals surface area contributed by atoms with E-state index in [9.17, 15) is 4.79 Å². The Bertz CT molecular complexity index is 1910. The highest BCUT2D eigenvalue weighted by molar-refractivity contribution is 5.99. The number of benzene rings is 1. The van der Waals surface area contributed by atoms with E-state index in [4.69, 9.17) is 15.2 Å². The molecule has 9 aliphatic heterocycles. The summed E-state index contributed by atoms with van der Waals surface area (Å²) in [5.74, 6) is 3.50. The average Bonchev–Trinajstić information content (AvgIpc) is 3.65. The van der Waals surface area contributed by atoms with Crippen LogP contribution in [0.25, 0.3) is 0 Å². The van der Waals surface area contributed by atoms with E-state index in [0.29, 0.717) is 36.4 Å². The first-order chi connectivity index (χ1) is 27.3. The fraction of sp³-hybridized carbons (Fsp3) is 0.714. The molecular weight excluding hydrogens is 695 g/mol. The molecule has 5 fully saturated rings. The van der Waals surface area contributed by atoms with Gasteiger partial charge in [0.15, 0.2) is 5.60 Å². The number of hydrogen-bond acceptors (Lipinski definition) is 7. The van der Waals surface area contributed by atoms with Crippen LogP contribution < -0.4 is 5.73 Å². The maximum atomic E-state index is 15.2. The molecule has 7 nitrogen and oxygen atoms in total. The number of aryl methyl sites for hydroxylation is 1. The Morgan fingerprint density at radius 1 is 1.02 bits per heavy atom. The summed E-state index contributed by atoms with van der Waals surface area (Å²) in [4.78, 5) is 35.6. The number of esters is 2. The molecule has 10 bridgehead atoms. The number of nitrogens with zero attached hydrogens (tertiary/aromatic N) is 2. The van der Waals surface area contributed by atoms with Gasteiger partial charge in [-0.05, 0) is 119 Å². The molecule has 0 radical (unpaired) electrons. The molecule has 1 aromatic rings.